The summed E-state index contributed by atoms with van der Waals surface area (Å²) in [4.78, 5) is 25.6. The summed E-state index contributed by atoms with van der Waals surface area (Å²) < 4.78 is 6.30. The number of fused-ring (bicyclic) bond motifs is 1. The first-order chi connectivity index (χ1) is 9.56. The van der Waals surface area contributed by atoms with Crippen molar-refractivity contribution in [2.24, 2.45) is 0 Å². The maximum Gasteiger partial charge on any atom is 0.299 e. The largest absolute Gasteiger partial charge is 0.380 e. The van der Waals surface area contributed by atoms with E-state index in [4.69, 9.17) is 4.74 Å². The van der Waals surface area contributed by atoms with Crippen molar-refractivity contribution >= 4 is 33.3 Å². The number of nitrogens with zero attached hydrogens (tertiary/aromatic N) is 1. The molecular formula is C15H18BrNO3. The van der Waals surface area contributed by atoms with Gasteiger partial charge in [0.15, 0.2) is 0 Å². The highest BCUT2D eigenvalue weighted by molar-refractivity contribution is 9.10. The van der Waals surface area contributed by atoms with E-state index in [0.717, 1.165) is 28.6 Å². The fraction of sp³-hybridized carbons (Fsp3) is 0.467. The molecule has 2 rings (SSSR count). The third-order valence-corrected chi connectivity index (χ3v) is 3.78. The van der Waals surface area contributed by atoms with Gasteiger partial charge in [0.25, 0.3) is 11.7 Å². The van der Waals surface area contributed by atoms with E-state index >= 15 is 0 Å². The number of amides is 1. The number of hydrogen-bond donors (Lipinski definition) is 0. The standard InChI is InChI=1S/C15H18BrNO3/c1-3-4-6-20-7-5-17-13-10(2)8-11(16)9-12(13)14(18)15(17)19/h8-9H,3-7H2,1-2H3. The normalized spacial score (nSPS) is 14.1. The van der Waals surface area contributed by atoms with Gasteiger partial charge in [-0.1, -0.05) is 29.3 Å². The Bertz CT molecular complexity index is 542. The fourth-order valence-corrected chi connectivity index (χ4v) is 2.90. The van der Waals surface area contributed by atoms with Gasteiger partial charge in [-0.3, -0.25) is 9.59 Å². The zero-order chi connectivity index (χ0) is 14.7. The Hall–Kier alpha value is -1.20. The van der Waals surface area contributed by atoms with Crippen LogP contribution >= 0.6 is 15.9 Å². The Morgan fingerprint density at radius 3 is 2.70 bits per heavy atom. The van der Waals surface area contributed by atoms with Crippen molar-refractivity contribution in [3.8, 4) is 0 Å². The number of halogens is 1. The maximum absolute atomic E-state index is 12.1. The Balaban J connectivity index is 2.12. The molecule has 20 heavy (non-hydrogen) atoms. The van der Waals surface area contributed by atoms with Crippen molar-refractivity contribution in [2.45, 2.75) is 26.7 Å². The zero-order valence-electron chi connectivity index (χ0n) is 11.7. The summed E-state index contributed by atoms with van der Waals surface area (Å²) in [5.74, 6) is -0.891. The van der Waals surface area contributed by atoms with E-state index in [1.54, 1.807) is 6.07 Å². The number of hydrogen-bond acceptors (Lipinski definition) is 3. The van der Waals surface area contributed by atoms with Gasteiger partial charge in [-0.05, 0) is 31.0 Å². The van der Waals surface area contributed by atoms with Crippen LogP contribution in [0.15, 0.2) is 16.6 Å². The summed E-state index contributed by atoms with van der Waals surface area (Å²) in [6.45, 7) is 5.57. The average molecular weight is 340 g/mol. The molecule has 1 aromatic carbocycles. The minimum absolute atomic E-state index is 0.420. The molecule has 0 atom stereocenters. The first-order valence-electron chi connectivity index (χ1n) is 6.80. The molecule has 0 unspecified atom stereocenters. The van der Waals surface area contributed by atoms with E-state index in [1.165, 1.54) is 4.90 Å². The minimum atomic E-state index is -0.458. The summed E-state index contributed by atoms with van der Waals surface area (Å²) in [6.07, 6.45) is 2.09. The second-order valence-corrected chi connectivity index (χ2v) is 5.79. The van der Waals surface area contributed by atoms with Crippen molar-refractivity contribution in [1.29, 1.82) is 0 Å². The third-order valence-electron chi connectivity index (χ3n) is 3.32. The first-order valence-corrected chi connectivity index (χ1v) is 7.59. The predicted octanol–water partition coefficient (Wildman–Crippen LogP) is 3.10. The van der Waals surface area contributed by atoms with Gasteiger partial charge in [-0.15, -0.1) is 0 Å². The van der Waals surface area contributed by atoms with Crippen LogP contribution in [0.1, 0.15) is 35.7 Å². The van der Waals surface area contributed by atoms with Gasteiger partial charge in [0.1, 0.15) is 0 Å². The van der Waals surface area contributed by atoms with Crippen molar-refractivity contribution in [3.63, 3.8) is 0 Å². The fourth-order valence-electron chi connectivity index (χ4n) is 2.32. The van der Waals surface area contributed by atoms with E-state index in [2.05, 4.69) is 22.9 Å². The first kappa shape index (κ1) is 15.2. The van der Waals surface area contributed by atoms with Crippen molar-refractivity contribution in [1.82, 2.24) is 0 Å². The molecule has 0 bridgehead atoms. The minimum Gasteiger partial charge on any atom is -0.380 e. The lowest BCUT2D eigenvalue weighted by molar-refractivity contribution is -0.114. The van der Waals surface area contributed by atoms with Gasteiger partial charge in [-0.2, -0.15) is 0 Å². The van der Waals surface area contributed by atoms with Crippen LogP contribution in [0, 0.1) is 6.92 Å². The molecule has 1 heterocycles. The van der Waals surface area contributed by atoms with E-state index in [9.17, 15) is 9.59 Å². The lowest BCUT2D eigenvalue weighted by atomic mass is 10.1. The van der Waals surface area contributed by atoms with Crippen LogP contribution in [-0.4, -0.2) is 31.4 Å². The van der Waals surface area contributed by atoms with E-state index in [0.29, 0.717) is 25.3 Å². The monoisotopic (exact) mass is 339 g/mol. The number of aryl methyl sites for hydroxylation is 1. The SMILES string of the molecule is CCCCOCCN1C(=O)C(=O)c2cc(Br)cc(C)c21. The van der Waals surface area contributed by atoms with Gasteiger partial charge >= 0.3 is 0 Å². The van der Waals surface area contributed by atoms with Crippen molar-refractivity contribution in [2.75, 3.05) is 24.7 Å². The van der Waals surface area contributed by atoms with Gasteiger partial charge in [-0.25, -0.2) is 0 Å². The molecule has 0 aromatic heterocycles. The molecule has 1 aromatic rings. The second-order valence-electron chi connectivity index (χ2n) is 4.87. The highest BCUT2D eigenvalue weighted by Crippen LogP contribution is 2.34. The molecule has 0 saturated carbocycles. The molecule has 0 saturated heterocycles. The van der Waals surface area contributed by atoms with Crippen molar-refractivity contribution in [3.05, 3.63) is 27.7 Å². The number of ether oxygens (including phenoxy) is 1. The van der Waals surface area contributed by atoms with E-state index in [1.807, 2.05) is 13.0 Å². The van der Waals surface area contributed by atoms with Gasteiger partial charge in [0.05, 0.1) is 17.9 Å². The average Bonchev–Trinajstić information content (AvgIpc) is 2.64. The summed E-state index contributed by atoms with van der Waals surface area (Å²) in [7, 11) is 0. The molecule has 0 fully saturated rings. The molecule has 1 amide bonds. The van der Waals surface area contributed by atoms with Crippen LogP contribution in [0.25, 0.3) is 0 Å². The highest BCUT2D eigenvalue weighted by atomic mass is 79.9. The second kappa shape index (κ2) is 6.50. The number of rotatable bonds is 6. The molecule has 0 aliphatic carbocycles. The Kier molecular flexibility index (Phi) is 4.94. The molecule has 0 N–H and O–H groups in total. The summed E-state index contributed by atoms with van der Waals surface area (Å²) >= 11 is 3.36. The maximum atomic E-state index is 12.1. The quantitative estimate of drug-likeness (QED) is 0.591. The summed E-state index contributed by atoms with van der Waals surface area (Å²) in [5.41, 5.74) is 2.12. The van der Waals surface area contributed by atoms with Crippen LogP contribution in [-0.2, 0) is 9.53 Å². The third kappa shape index (κ3) is 2.94. The lowest BCUT2D eigenvalue weighted by Crippen LogP contribution is -2.33. The number of Topliss-reactive ketones (excluding diaryl/α,β-unsaturated/α-hetero) is 1. The molecule has 0 radical (unpaired) electrons. The number of benzene rings is 1. The number of carbonyl (C=O) groups excluding carboxylic acids is 2. The van der Waals surface area contributed by atoms with Gasteiger partial charge in [0.2, 0.25) is 0 Å². The van der Waals surface area contributed by atoms with Crippen LogP contribution in [0.2, 0.25) is 0 Å². The predicted molar refractivity (Wildman–Crippen MR) is 81.3 cm³/mol. The van der Waals surface area contributed by atoms with Crippen LogP contribution in [0.4, 0.5) is 5.69 Å². The van der Waals surface area contributed by atoms with Crippen LogP contribution < -0.4 is 4.90 Å². The molecule has 1 aliphatic heterocycles. The number of carbonyl (C=O) groups is 2. The topological polar surface area (TPSA) is 46.6 Å². The number of unbranched alkanes of at least 4 members (excludes halogenated alkanes) is 1. The van der Waals surface area contributed by atoms with Crippen LogP contribution in [0.3, 0.4) is 0 Å². The Morgan fingerprint density at radius 1 is 1.25 bits per heavy atom. The molecule has 0 spiro atoms. The van der Waals surface area contributed by atoms with E-state index in [-0.39, 0.29) is 0 Å². The molecule has 4 nitrogen and oxygen atoms in total. The van der Waals surface area contributed by atoms with Crippen molar-refractivity contribution < 1.29 is 14.3 Å². The highest BCUT2D eigenvalue weighted by Gasteiger charge is 2.36. The summed E-state index contributed by atoms with van der Waals surface area (Å²) in [5, 5.41) is 0. The zero-order valence-corrected chi connectivity index (χ0v) is 13.3. The molecular weight excluding hydrogens is 322 g/mol. The lowest BCUT2D eigenvalue weighted by Gasteiger charge is -2.18. The molecule has 1 aliphatic rings. The molecule has 5 heteroatoms. The number of ketones is 1. The van der Waals surface area contributed by atoms with Crippen LogP contribution in [0.5, 0.6) is 0 Å². The van der Waals surface area contributed by atoms with E-state index < -0.39 is 11.7 Å². The number of anilines is 1. The smallest absolute Gasteiger partial charge is 0.299 e. The Morgan fingerprint density at radius 2 is 2.00 bits per heavy atom. The molecule has 108 valence electrons. The Labute approximate surface area is 127 Å². The summed E-state index contributed by atoms with van der Waals surface area (Å²) in [6, 6.07) is 3.62. The van der Waals surface area contributed by atoms with Gasteiger partial charge in [0, 0.05) is 17.6 Å². The van der Waals surface area contributed by atoms with Gasteiger partial charge < -0.3 is 9.64 Å².